The average molecular weight is 312 g/mol. The number of benzene rings is 1. The summed E-state index contributed by atoms with van der Waals surface area (Å²) in [6, 6.07) is 4.00. The van der Waals surface area contributed by atoms with E-state index in [0.29, 0.717) is 17.9 Å². The molecule has 0 fully saturated rings. The molecule has 0 saturated heterocycles. The quantitative estimate of drug-likeness (QED) is 0.848. The zero-order valence-corrected chi connectivity index (χ0v) is 12.2. The van der Waals surface area contributed by atoms with Gasteiger partial charge in [-0.15, -0.1) is 0 Å². The number of aliphatic hydroxyl groups excluding tert-OH is 1. The van der Waals surface area contributed by atoms with Crippen LogP contribution in [0.4, 0.5) is 0 Å². The summed E-state index contributed by atoms with van der Waals surface area (Å²) in [6.45, 7) is 1.76. The van der Waals surface area contributed by atoms with Gasteiger partial charge in [-0.25, -0.2) is 13.1 Å². The summed E-state index contributed by atoms with van der Waals surface area (Å²) >= 11 is 11.6. The van der Waals surface area contributed by atoms with E-state index in [-0.39, 0.29) is 22.6 Å². The standard InChI is InChI=1S/C11H15Cl2NO3S/c1-8(3-2-6-15)14-18(16,17)11-7-9(12)4-5-10(11)13/h4-5,7-8,14-15H,2-3,6H2,1H3. The van der Waals surface area contributed by atoms with Crippen LogP contribution in [0.15, 0.2) is 23.1 Å². The van der Waals surface area contributed by atoms with Gasteiger partial charge in [0.05, 0.1) is 5.02 Å². The van der Waals surface area contributed by atoms with E-state index in [4.69, 9.17) is 28.3 Å². The van der Waals surface area contributed by atoms with E-state index < -0.39 is 10.0 Å². The van der Waals surface area contributed by atoms with Gasteiger partial charge in [-0.3, -0.25) is 0 Å². The van der Waals surface area contributed by atoms with Gasteiger partial charge in [0.25, 0.3) is 0 Å². The molecule has 1 aromatic carbocycles. The number of nitrogens with one attached hydrogen (secondary N) is 1. The monoisotopic (exact) mass is 311 g/mol. The van der Waals surface area contributed by atoms with Crippen molar-refractivity contribution in [2.24, 2.45) is 0 Å². The third kappa shape index (κ3) is 4.40. The maximum absolute atomic E-state index is 12.1. The van der Waals surface area contributed by atoms with Crippen molar-refractivity contribution in [1.82, 2.24) is 4.72 Å². The third-order valence-corrected chi connectivity index (χ3v) is 4.64. The number of sulfonamides is 1. The third-order valence-electron chi connectivity index (χ3n) is 2.33. The summed E-state index contributed by atoms with van der Waals surface area (Å²) in [7, 11) is -3.69. The molecule has 1 unspecified atom stereocenters. The van der Waals surface area contributed by atoms with Gasteiger partial charge in [-0.1, -0.05) is 23.2 Å². The van der Waals surface area contributed by atoms with Crippen molar-refractivity contribution in [3.05, 3.63) is 28.2 Å². The van der Waals surface area contributed by atoms with E-state index in [1.54, 1.807) is 6.92 Å². The smallest absolute Gasteiger partial charge is 0.242 e. The van der Waals surface area contributed by atoms with Crippen molar-refractivity contribution >= 4 is 33.2 Å². The SMILES string of the molecule is CC(CCCO)NS(=O)(=O)c1cc(Cl)ccc1Cl. The van der Waals surface area contributed by atoms with Crippen molar-refractivity contribution in [3.63, 3.8) is 0 Å². The Kier molecular flexibility index (Phi) is 5.88. The second-order valence-electron chi connectivity index (χ2n) is 3.96. The highest BCUT2D eigenvalue weighted by molar-refractivity contribution is 7.89. The number of hydrogen-bond donors (Lipinski definition) is 2. The number of rotatable bonds is 6. The molecule has 102 valence electrons. The van der Waals surface area contributed by atoms with Gasteiger partial charge in [0.15, 0.2) is 0 Å². The van der Waals surface area contributed by atoms with Crippen LogP contribution in [0.1, 0.15) is 19.8 Å². The Hall–Kier alpha value is -0.330. The van der Waals surface area contributed by atoms with Crippen molar-refractivity contribution in [2.75, 3.05) is 6.61 Å². The normalized spacial score (nSPS) is 13.6. The Balaban J connectivity index is 2.89. The fraction of sp³-hybridized carbons (Fsp3) is 0.455. The van der Waals surface area contributed by atoms with Gasteiger partial charge in [-0.05, 0) is 38.0 Å². The van der Waals surface area contributed by atoms with Gasteiger partial charge in [0.1, 0.15) is 4.90 Å². The summed E-state index contributed by atoms with van der Waals surface area (Å²) < 4.78 is 26.6. The first-order valence-electron chi connectivity index (χ1n) is 5.45. The van der Waals surface area contributed by atoms with Gasteiger partial charge in [0, 0.05) is 17.7 Å². The molecule has 0 saturated carbocycles. The first-order chi connectivity index (χ1) is 8.36. The largest absolute Gasteiger partial charge is 0.396 e. The molecule has 1 atom stereocenters. The highest BCUT2D eigenvalue weighted by Crippen LogP contribution is 2.25. The molecule has 0 aliphatic carbocycles. The Morgan fingerprint density at radius 3 is 2.67 bits per heavy atom. The van der Waals surface area contributed by atoms with Crippen LogP contribution < -0.4 is 4.72 Å². The van der Waals surface area contributed by atoms with Crippen LogP contribution in [0, 0.1) is 0 Å². The van der Waals surface area contributed by atoms with E-state index in [9.17, 15) is 8.42 Å². The lowest BCUT2D eigenvalue weighted by atomic mass is 10.2. The Morgan fingerprint density at radius 1 is 1.39 bits per heavy atom. The molecule has 4 nitrogen and oxygen atoms in total. The number of aliphatic hydroxyl groups is 1. The van der Waals surface area contributed by atoms with E-state index in [2.05, 4.69) is 4.72 Å². The van der Waals surface area contributed by atoms with E-state index in [1.807, 2.05) is 0 Å². The molecule has 0 radical (unpaired) electrons. The molecule has 7 heteroatoms. The first-order valence-corrected chi connectivity index (χ1v) is 7.69. The predicted molar refractivity (Wildman–Crippen MR) is 72.6 cm³/mol. The fourth-order valence-corrected chi connectivity index (χ4v) is 3.51. The summed E-state index contributed by atoms with van der Waals surface area (Å²) in [5.41, 5.74) is 0. The summed E-state index contributed by atoms with van der Waals surface area (Å²) in [6.07, 6.45) is 1.08. The lowest BCUT2D eigenvalue weighted by molar-refractivity contribution is 0.279. The van der Waals surface area contributed by atoms with Gasteiger partial charge in [0.2, 0.25) is 10.0 Å². The van der Waals surface area contributed by atoms with Crippen LogP contribution in [-0.2, 0) is 10.0 Å². The molecule has 0 aromatic heterocycles. The van der Waals surface area contributed by atoms with Crippen molar-refractivity contribution in [1.29, 1.82) is 0 Å². The molecule has 0 spiro atoms. The Bertz CT molecular complexity index is 505. The minimum Gasteiger partial charge on any atom is -0.396 e. The fourth-order valence-electron chi connectivity index (χ4n) is 1.47. The minimum atomic E-state index is -3.69. The topological polar surface area (TPSA) is 66.4 Å². The maximum Gasteiger partial charge on any atom is 0.242 e. The van der Waals surface area contributed by atoms with Crippen LogP contribution in [-0.4, -0.2) is 26.2 Å². The molecule has 1 aromatic rings. The minimum absolute atomic E-state index is 0.0317. The number of hydrogen-bond acceptors (Lipinski definition) is 3. The molecule has 18 heavy (non-hydrogen) atoms. The molecule has 0 heterocycles. The lowest BCUT2D eigenvalue weighted by Gasteiger charge is -2.14. The number of halogens is 2. The van der Waals surface area contributed by atoms with Crippen LogP contribution in [0.2, 0.25) is 10.0 Å². The van der Waals surface area contributed by atoms with Crippen molar-refractivity contribution < 1.29 is 13.5 Å². The molecule has 0 amide bonds. The van der Waals surface area contributed by atoms with Crippen LogP contribution in [0.3, 0.4) is 0 Å². The summed E-state index contributed by atoms with van der Waals surface area (Å²) in [5.74, 6) is 0. The van der Waals surface area contributed by atoms with Crippen molar-refractivity contribution in [3.8, 4) is 0 Å². The van der Waals surface area contributed by atoms with Crippen LogP contribution in [0.25, 0.3) is 0 Å². The highest BCUT2D eigenvalue weighted by atomic mass is 35.5. The zero-order valence-electron chi connectivity index (χ0n) is 9.86. The van der Waals surface area contributed by atoms with Gasteiger partial charge in [-0.2, -0.15) is 0 Å². The maximum atomic E-state index is 12.1. The van der Waals surface area contributed by atoms with Gasteiger partial charge < -0.3 is 5.11 Å². The molecule has 0 aliphatic heterocycles. The second-order valence-corrected chi connectivity index (χ2v) is 6.49. The zero-order chi connectivity index (χ0) is 13.8. The van der Waals surface area contributed by atoms with E-state index in [1.165, 1.54) is 18.2 Å². The predicted octanol–water partition coefficient (Wildman–Crippen LogP) is 2.43. The average Bonchev–Trinajstić information content (AvgIpc) is 2.29. The van der Waals surface area contributed by atoms with Crippen molar-refractivity contribution in [2.45, 2.75) is 30.7 Å². The summed E-state index contributed by atoms with van der Waals surface area (Å²) in [4.78, 5) is -0.0347. The highest BCUT2D eigenvalue weighted by Gasteiger charge is 2.20. The molecule has 1 rings (SSSR count). The molecular weight excluding hydrogens is 297 g/mol. The second kappa shape index (κ2) is 6.73. The first kappa shape index (κ1) is 15.7. The molecular formula is C11H15Cl2NO3S. The van der Waals surface area contributed by atoms with Gasteiger partial charge >= 0.3 is 0 Å². The molecule has 0 bridgehead atoms. The van der Waals surface area contributed by atoms with E-state index in [0.717, 1.165) is 0 Å². The van der Waals surface area contributed by atoms with E-state index >= 15 is 0 Å². The van der Waals surface area contributed by atoms with Crippen LogP contribution in [0.5, 0.6) is 0 Å². The molecule has 0 aliphatic rings. The molecule has 2 N–H and O–H groups in total. The van der Waals surface area contributed by atoms with Crippen LogP contribution >= 0.6 is 23.2 Å². The Labute approximate surface area is 117 Å². The summed E-state index contributed by atoms with van der Waals surface area (Å²) in [5, 5.41) is 9.13. The lowest BCUT2D eigenvalue weighted by Crippen LogP contribution is -2.32. The Morgan fingerprint density at radius 2 is 2.06 bits per heavy atom.